The zero-order chi connectivity index (χ0) is 12.3. The van der Waals surface area contributed by atoms with Crippen molar-refractivity contribution in [2.75, 3.05) is 18.5 Å². The minimum atomic E-state index is -0.304. The molecule has 1 saturated heterocycles. The molecule has 2 rings (SSSR count). The summed E-state index contributed by atoms with van der Waals surface area (Å²) in [5.74, 6) is -0.304. The Bertz CT molecular complexity index is 386. The van der Waals surface area contributed by atoms with Crippen molar-refractivity contribution in [1.82, 2.24) is 10.3 Å². The van der Waals surface area contributed by atoms with Crippen LogP contribution in [0.2, 0.25) is 0 Å². The largest absolute Gasteiger partial charge is 0.355 e. The SMILES string of the molecule is CNC1CCCCCN1c1cnc(Br)c(F)c1. The van der Waals surface area contributed by atoms with Crippen LogP contribution in [0.1, 0.15) is 25.7 Å². The highest BCUT2D eigenvalue weighted by molar-refractivity contribution is 9.10. The average Bonchev–Trinajstić information content (AvgIpc) is 2.57. The Labute approximate surface area is 110 Å². The van der Waals surface area contributed by atoms with Gasteiger partial charge in [-0.2, -0.15) is 0 Å². The summed E-state index contributed by atoms with van der Waals surface area (Å²) in [6.45, 7) is 0.953. The molecule has 0 aromatic carbocycles. The molecule has 17 heavy (non-hydrogen) atoms. The van der Waals surface area contributed by atoms with E-state index in [-0.39, 0.29) is 16.6 Å². The first-order chi connectivity index (χ1) is 8.22. The Morgan fingerprint density at radius 2 is 2.29 bits per heavy atom. The normalized spacial score (nSPS) is 21.4. The summed E-state index contributed by atoms with van der Waals surface area (Å²) < 4.78 is 13.8. The molecule has 1 fully saturated rings. The molecule has 5 heteroatoms. The van der Waals surface area contributed by atoms with Gasteiger partial charge in [-0.25, -0.2) is 9.37 Å². The topological polar surface area (TPSA) is 28.2 Å². The highest BCUT2D eigenvalue weighted by Crippen LogP contribution is 2.24. The number of hydrogen-bond acceptors (Lipinski definition) is 3. The summed E-state index contributed by atoms with van der Waals surface area (Å²) >= 11 is 3.08. The van der Waals surface area contributed by atoms with Crippen LogP contribution in [0.15, 0.2) is 16.9 Å². The number of rotatable bonds is 2. The average molecular weight is 302 g/mol. The minimum Gasteiger partial charge on any atom is -0.355 e. The van der Waals surface area contributed by atoms with Crippen LogP contribution in [0.25, 0.3) is 0 Å². The number of aromatic nitrogens is 1. The highest BCUT2D eigenvalue weighted by atomic mass is 79.9. The van der Waals surface area contributed by atoms with Crippen LogP contribution in [0.3, 0.4) is 0 Å². The summed E-state index contributed by atoms with van der Waals surface area (Å²) in [4.78, 5) is 6.23. The van der Waals surface area contributed by atoms with Crippen molar-refractivity contribution < 1.29 is 4.39 Å². The Kier molecular flexibility index (Phi) is 4.34. The Morgan fingerprint density at radius 3 is 3.00 bits per heavy atom. The number of nitrogens with zero attached hydrogens (tertiary/aromatic N) is 2. The van der Waals surface area contributed by atoms with Gasteiger partial charge in [0.1, 0.15) is 4.60 Å². The van der Waals surface area contributed by atoms with E-state index in [0.717, 1.165) is 25.1 Å². The summed E-state index contributed by atoms with van der Waals surface area (Å²) in [5, 5.41) is 3.29. The molecular weight excluding hydrogens is 285 g/mol. The first-order valence-corrected chi connectivity index (χ1v) is 6.76. The minimum absolute atomic E-state index is 0.275. The van der Waals surface area contributed by atoms with Crippen LogP contribution in [0.4, 0.5) is 10.1 Å². The number of anilines is 1. The van der Waals surface area contributed by atoms with E-state index in [2.05, 4.69) is 31.1 Å². The van der Waals surface area contributed by atoms with Crippen molar-refractivity contribution in [3.8, 4) is 0 Å². The first-order valence-electron chi connectivity index (χ1n) is 5.97. The van der Waals surface area contributed by atoms with Crippen molar-refractivity contribution in [3.63, 3.8) is 0 Å². The van der Waals surface area contributed by atoms with Gasteiger partial charge in [-0.05, 0) is 42.2 Å². The molecule has 0 amide bonds. The van der Waals surface area contributed by atoms with Crippen LogP contribution in [0.5, 0.6) is 0 Å². The van der Waals surface area contributed by atoms with Crippen LogP contribution < -0.4 is 10.2 Å². The fraction of sp³-hybridized carbons (Fsp3) is 0.583. The molecule has 1 aliphatic rings. The molecule has 1 unspecified atom stereocenters. The molecule has 0 spiro atoms. The van der Waals surface area contributed by atoms with Crippen LogP contribution in [0, 0.1) is 5.82 Å². The van der Waals surface area contributed by atoms with Crippen LogP contribution >= 0.6 is 15.9 Å². The first kappa shape index (κ1) is 12.8. The molecule has 0 radical (unpaired) electrons. The smallest absolute Gasteiger partial charge is 0.158 e. The van der Waals surface area contributed by atoms with E-state index in [9.17, 15) is 4.39 Å². The lowest BCUT2D eigenvalue weighted by molar-refractivity contribution is 0.506. The van der Waals surface area contributed by atoms with Gasteiger partial charge >= 0.3 is 0 Å². The van der Waals surface area contributed by atoms with Gasteiger partial charge in [-0.3, -0.25) is 0 Å². The molecule has 0 bridgehead atoms. The van der Waals surface area contributed by atoms with Crippen LogP contribution in [-0.2, 0) is 0 Å². The van der Waals surface area contributed by atoms with Crippen molar-refractivity contribution in [2.45, 2.75) is 31.8 Å². The van der Waals surface area contributed by atoms with Gasteiger partial charge in [0.25, 0.3) is 0 Å². The summed E-state index contributed by atoms with van der Waals surface area (Å²) in [6, 6.07) is 1.55. The maximum Gasteiger partial charge on any atom is 0.158 e. The Balaban J connectivity index is 2.25. The second-order valence-electron chi connectivity index (χ2n) is 4.31. The van der Waals surface area contributed by atoms with Crippen LogP contribution in [-0.4, -0.2) is 24.7 Å². The second-order valence-corrected chi connectivity index (χ2v) is 5.06. The number of pyridine rings is 1. The van der Waals surface area contributed by atoms with Crippen molar-refractivity contribution >= 4 is 21.6 Å². The van der Waals surface area contributed by atoms with E-state index in [1.54, 1.807) is 12.3 Å². The Hall–Kier alpha value is -0.680. The summed E-state index contributed by atoms with van der Waals surface area (Å²) in [6.07, 6.45) is 6.70. The van der Waals surface area contributed by atoms with Gasteiger partial charge in [0.2, 0.25) is 0 Å². The van der Waals surface area contributed by atoms with E-state index < -0.39 is 0 Å². The fourth-order valence-corrected chi connectivity index (χ4v) is 2.50. The van der Waals surface area contributed by atoms with Crippen molar-refractivity contribution in [2.24, 2.45) is 0 Å². The van der Waals surface area contributed by atoms with Gasteiger partial charge in [-0.15, -0.1) is 0 Å². The molecule has 1 aliphatic heterocycles. The third kappa shape index (κ3) is 2.96. The molecule has 0 saturated carbocycles. The van der Waals surface area contributed by atoms with Gasteiger partial charge < -0.3 is 10.2 Å². The predicted molar refractivity (Wildman–Crippen MR) is 70.6 cm³/mol. The number of nitrogens with one attached hydrogen (secondary N) is 1. The lowest BCUT2D eigenvalue weighted by Crippen LogP contribution is -2.43. The maximum absolute atomic E-state index is 13.5. The summed E-state index contributed by atoms with van der Waals surface area (Å²) in [7, 11) is 1.95. The monoisotopic (exact) mass is 301 g/mol. The van der Waals surface area contributed by atoms with Crippen molar-refractivity contribution in [1.29, 1.82) is 0 Å². The third-order valence-corrected chi connectivity index (χ3v) is 3.78. The molecule has 94 valence electrons. The van der Waals surface area contributed by atoms with Gasteiger partial charge in [0, 0.05) is 12.6 Å². The second kappa shape index (κ2) is 5.78. The van der Waals surface area contributed by atoms with Gasteiger partial charge in [0.15, 0.2) is 5.82 Å². The van der Waals surface area contributed by atoms with E-state index >= 15 is 0 Å². The quantitative estimate of drug-likeness (QED) is 0.852. The molecule has 1 N–H and O–H groups in total. The van der Waals surface area contributed by atoms with E-state index in [1.165, 1.54) is 12.8 Å². The predicted octanol–water partition coefficient (Wildman–Crippen LogP) is 2.91. The molecule has 3 nitrogen and oxygen atoms in total. The lowest BCUT2D eigenvalue weighted by atomic mass is 10.2. The van der Waals surface area contributed by atoms with Gasteiger partial charge in [-0.1, -0.05) is 6.42 Å². The summed E-state index contributed by atoms with van der Waals surface area (Å²) in [5.41, 5.74) is 0.854. The fourth-order valence-electron chi connectivity index (χ4n) is 2.29. The van der Waals surface area contributed by atoms with E-state index in [1.807, 2.05) is 7.05 Å². The maximum atomic E-state index is 13.5. The zero-order valence-corrected chi connectivity index (χ0v) is 11.5. The van der Waals surface area contributed by atoms with Gasteiger partial charge in [0.05, 0.1) is 18.1 Å². The standard InChI is InChI=1S/C12H17BrFN3/c1-15-11-5-3-2-4-6-17(11)9-7-10(14)12(13)16-8-9/h7-8,11,15H,2-6H2,1H3. The van der Waals surface area contributed by atoms with E-state index in [4.69, 9.17) is 0 Å². The number of hydrogen-bond donors (Lipinski definition) is 1. The third-order valence-electron chi connectivity index (χ3n) is 3.20. The lowest BCUT2D eigenvalue weighted by Gasteiger charge is -2.31. The molecule has 2 heterocycles. The highest BCUT2D eigenvalue weighted by Gasteiger charge is 2.20. The zero-order valence-electron chi connectivity index (χ0n) is 9.92. The molecule has 1 atom stereocenters. The van der Waals surface area contributed by atoms with E-state index in [0.29, 0.717) is 0 Å². The molecule has 1 aromatic rings. The molecule has 0 aliphatic carbocycles. The molecular formula is C12H17BrFN3. The Morgan fingerprint density at radius 1 is 1.47 bits per heavy atom. The molecule has 1 aromatic heterocycles. The number of halogens is 2. The van der Waals surface area contributed by atoms with Crippen molar-refractivity contribution in [3.05, 3.63) is 22.7 Å².